The number of hydrogen-bond acceptors (Lipinski definition) is 4. The Hall–Kier alpha value is -2.45. The zero-order valence-corrected chi connectivity index (χ0v) is 15.1. The lowest BCUT2D eigenvalue weighted by molar-refractivity contribution is -0.605. The van der Waals surface area contributed by atoms with Gasteiger partial charge in [0, 0.05) is 31.8 Å². The molecular formula is C18H21N3O4S. The van der Waals surface area contributed by atoms with Gasteiger partial charge < -0.3 is 10.5 Å². The maximum absolute atomic E-state index is 12.6. The number of carbonyl (C=O) groups excluding carboxylic acids is 1. The Balaban J connectivity index is 1.62. The number of amides is 1. The molecule has 0 saturated carbocycles. The Morgan fingerprint density at radius 2 is 1.65 bits per heavy atom. The molecule has 0 radical (unpaired) electrons. The molecule has 1 aromatic carbocycles. The van der Waals surface area contributed by atoms with Crippen LogP contribution in [0.3, 0.4) is 0 Å². The minimum Gasteiger partial charge on any atom is -0.619 e. The van der Waals surface area contributed by atoms with Crippen LogP contribution < -0.4 is 10.0 Å². The Morgan fingerprint density at radius 3 is 2.27 bits per heavy atom. The minimum absolute atomic E-state index is 0.273. The molecule has 0 bridgehead atoms. The van der Waals surface area contributed by atoms with Crippen LogP contribution in [0.4, 0.5) is 0 Å². The lowest BCUT2D eigenvalue weighted by atomic mass is 10.2. The Kier molecular flexibility index (Phi) is 5.53. The van der Waals surface area contributed by atoms with E-state index >= 15 is 0 Å². The second-order valence-electron chi connectivity index (χ2n) is 6.24. The summed E-state index contributed by atoms with van der Waals surface area (Å²) in [5, 5.41) is 13.7. The van der Waals surface area contributed by atoms with Crippen LogP contribution >= 0.6 is 0 Å². The van der Waals surface area contributed by atoms with Crippen molar-refractivity contribution in [1.29, 1.82) is 0 Å². The summed E-state index contributed by atoms with van der Waals surface area (Å²) in [7, 11) is -3.44. The molecule has 1 amide bonds. The third-order valence-corrected chi connectivity index (χ3v) is 6.31. The van der Waals surface area contributed by atoms with E-state index in [0.29, 0.717) is 23.4 Å². The Labute approximate surface area is 152 Å². The summed E-state index contributed by atoms with van der Waals surface area (Å²) in [4.78, 5) is 12.3. The molecule has 1 N–H and O–H groups in total. The molecular weight excluding hydrogens is 354 g/mol. The maximum atomic E-state index is 12.6. The van der Waals surface area contributed by atoms with Gasteiger partial charge in [0.2, 0.25) is 10.0 Å². The standard InChI is InChI=1S/C18H21N3O4S/c22-18(16-8-12-20(23)13-9-16)19-14-15-4-6-17(7-5-15)26(24,25)21-10-2-1-3-11-21/h4-9,12-13H,1-3,10-11,14H2,(H,19,22). The first-order valence-corrected chi connectivity index (χ1v) is 9.97. The van der Waals surface area contributed by atoms with E-state index < -0.39 is 10.0 Å². The van der Waals surface area contributed by atoms with Crippen molar-refractivity contribution in [2.24, 2.45) is 0 Å². The van der Waals surface area contributed by atoms with Crippen LogP contribution in [0.25, 0.3) is 0 Å². The molecule has 3 rings (SSSR count). The summed E-state index contributed by atoms with van der Waals surface area (Å²) in [5.41, 5.74) is 1.19. The molecule has 1 aromatic heterocycles. The first kappa shape index (κ1) is 18.3. The number of rotatable bonds is 5. The fraction of sp³-hybridized carbons (Fsp3) is 0.333. The predicted molar refractivity (Wildman–Crippen MR) is 95.6 cm³/mol. The number of piperidine rings is 1. The number of sulfonamides is 1. The molecule has 2 heterocycles. The smallest absolute Gasteiger partial charge is 0.252 e. The van der Waals surface area contributed by atoms with Gasteiger partial charge in [-0.3, -0.25) is 4.79 Å². The fourth-order valence-corrected chi connectivity index (χ4v) is 4.40. The molecule has 26 heavy (non-hydrogen) atoms. The number of nitrogens with one attached hydrogen (secondary N) is 1. The first-order chi connectivity index (χ1) is 12.5. The van der Waals surface area contributed by atoms with E-state index in [-0.39, 0.29) is 17.3 Å². The van der Waals surface area contributed by atoms with Crippen LogP contribution in [0, 0.1) is 5.21 Å². The number of benzene rings is 1. The van der Waals surface area contributed by atoms with Crippen molar-refractivity contribution in [3.63, 3.8) is 0 Å². The van der Waals surface area contributed by atoms with Crippen LogP contribution in [-0.4, -0.2) is 31.7 Å². The van der Waals surface area contributed by atoms with Crippen LogP contribution in [0.15, 0.2) is 53.7 Å². The van der Waals surface area contributed by atoms with Crippen molar-refractivity contribution in [3.8, 4) is 0 Å². The maximum Gasteiger partial charge on any atom is 0.252 e. The summed E-state index contributed by atoms with van der Waals surface area (Å²) in [6.07, 6.45) is 5.38. The van der Waals surface area contributed by atoms with Crippen LogP contribution in [0.5, 0.6) is 0 Å². The third kappa shape index (κ3) is 4.20. The fourth-order valence-electron chi connectivity index (χ4n) is 2.88. The molecule has 1 aliphatic rings. The van der Waals surface area contributed by atoms with E-state index in [0.717, 1.165) is 24.8 Å². The second kappa shape index (κ2) is 7.84. The SMILES string of the molecule is O=C(NCc1ccc(S(=O)(=O)N2CCCCC2)cc1)c1cc[n+]([O-])cc1. The van der Waals surface area contributed by atoms with E-state index in [2.05, 4.69) is 5.32 Å². The van der Waals surface area contributed by atoms with Gasteiger partial charge in [-0.25, -0.2) is 8.42 Å². The number of hydrogen-bond donors (Lipinski definition) is 1. The number of carbonyl (C=O) groups is 1. The minimum atomic E-state index is -3.44. The van der Waals surface area contributed by atoms with Crippen molar-refractivity contribution in [2.45, 2.75) is 30.7 Å². The summed E-state index contributed by atoms with van der Waals surface area (Å²) < 4.78 is 27.4. The molecule has 0 aliphatic carbocycles. The van der Waals surface area contributed by atoms with E-state index in [1.807, 2.05) is 0 Å². The topological polar surface area (TPSA) is 93.4 Å². The average Bonchev–Trinajstić information content (AvgIpc) is 2.67. The van der Waals surface area contributed by atoms with E-state index in [1.165, 1.54) is 28.8 Å². The van der Waals surface area contributed by atoms with Gasteiger partial charge >= 0.3 is 0 Å². The first-order valence-electron chi connectivity index (χ1n) is 8.53. The molecule has 2 aromatic rings. The highest BCUT2D eigenvalue weighted by Crippen LogP contribution is 2.20. The third-order valence-electron chi connectivity index (χ3n) is 4.39. The number of aromatic nitrogens is 1. The van der Waals surface area contributed by atoms with Crippen molar-refractivity contribution >= 4 is 15.9 Å². The number of pyridine rings is 1. The van der Waals surface area contributed by atoms with E-state index in [4.69, 9.17) is 0 Å². The molecule has 1 saturated heterocycles. The second-order valence-corrected chi connectivity index (χ2v) is 8.18. The monoisotopic (exact) mass is 375 g/mol. The lowest BCUT2D eigenvalue weighted by Gasteiger charge is -2.25. The molecule has 8 heteroatoms. The van der Waals surface area contributed by atoms with Crippen molar-refractivity contribution < 1.29 is 17.9 Å². The van der Waals surface area contributed by atoms with Gasteiger partial charge in [-0.1, -0.05) is 18.6 Å². The van der Waals surface area contributed by atoms with Gasteiger partial charge in [0.15, 0.2) is 12.4 Å². The van der Waals surface area contributed by atoms with Gasteiger partial charge in [0.25, 0.3) is 5.91 Å². The predicted octanol–water partition coefficient (Wildman–Crippen LogP) is 1.42. The highest BCUT2D eigenvalue weighted by Gasteiger charge is 2.25. The largest absolute Gasteiger partial charge is 0.619 e. The van der Waals surface area contributed by atoms with Gasteiger partial charge in [0.1, 0.15) is 0 Å². The van der Waals surface area contributed by atoms with Gasteiger partial charge in [0.05, 0.1) is 10.5 Å². The molecule has 0 atom stereocenters. The molecule has 1 fully saturated rings. The van der Waals surface area contributed by atoms with E-state index in [1.54, 1.807) is 24.3 Å². The quantitative estimate of drug-likeness (QED) is 0.632. The summed E-state index contributed by atoms with van der Waals surface area (Å²) in [6.45, 7) is 1.41. The Bertz CT molecular complexity index is 858. The number of nitrogens with zero attached hydrogens (tertiary/aromatic N) is 2. The normalized spacial score (nSPS) is 15.5. The summed E-state index contributed by atoms with van der Waals surface area (Å²) in [6, 6.07) is 9.44. The summed E-state index contributed by atoms with van der Waals surface area (Å²) >= 11 is 0. The van der Waals surface area contributed by atoms with Crippen LogP contribution in [-0.2, 0) is 16.6 Å². The van der Waals surface area contributed by atoms with Gasteiger partial charge in [-0.2, -0.15) is 9.04 Å². The van der Waals surface area contributed by atoms with Crippen LogP contribution in [0.2, 0.25) is 0 Å². The van der Waals surface area contributed by atoms with Crippen molar-refractivity contribution in [1.82, 2.24) is 9.62 Å². The molecule has 0 spiro atoms. The highest BCUT2D eigenvalue weighted by atomic mass is 32.2. The van der Waals surface area contributed by atoms with Crippen LogP contribution in [0.1, 0.15) is 35.2 Å². The Morgan fingerprint density at radius 1 is 1.04 bits per heavy atom. The lowest BCUT2D eigenvalue weighted by Crippen LogP contribution is -2.35. The van der Waals surface area contributed by atoms with Gasteiger partial charge in [-0.05, 0) is 30.5 Å². The van der Waals surface area contributed by atoms with E-state index in [9.17, 15) is 18.4 Å². The van der Waals surface area contributed by atoms with Crippen molar-refractivity contribution in [2.75, 3.05) is 13.1 Å². The zero-order chi connectivity index (χ0) is 18.6. The molecule has 0 unspecified atom stereocenters. The van der Waals surface area contributed by atoms with Gasteiger partial charge in [-0.15, -0.1) is 0 Å². The molecule has 138 valence electrons. The highest BCUT2D eigenvalue weighted by molar-refractivity contribution is 7.89. The summed E-state index contributed by atoms with van der Waals surface area (Å²) in [5.74, 6) is -0.296. The molecule has 1 aliphatic heterocycles. The average molecular weight is 375 g/mol. The molecule has 7 nitrogen and oxygen atoms in total. The van der Waals surface area contributed by atoms with Crippen molar-refractivity contribution in [3.05, 3.63) is 65.1 Å². The zero-order valence-electron chi connectivity index (χ0n) is 14.3.